The van der Waals surface area contributed by atoms with Crippen molar-refractivity contribution in [3.05, 3.63) is 34.3 Å². The number of carbonyl (C=O) groups is 1. The Hall–Kier alpha value is -1.06. The molecular formula is C12H14ClNO2. The fraction of sp³-hybridized carbons (Fsp3) is 0.417. The molecule has 1 N–H and O–H groups in total. The van der Waals surface area contributed by atoms with Crippen LogP contribution in [0.4, 0.5) is 0 Å². The van der Waals surface area contributed by atoms with Gasteiger partial charge in [0.1, 0.15) is 0 Å². The summed E-state index contributed by atoms with van der Waals surface area (Å²) in [7, 11) is 0. The van der Waals surface area contributed by atoms with Gasteiger partial charge in [-0.3, -0.25) is 4.79 Å². The average molecular weight is 240 g/mol. The number of amides is 1. The Morgan fingerprint density at radius 1 is 1.38 bits per heavy atom. The lowest BCUT2D eigenvalue weighted by Crippen LogP contribution is -2.43. The zero-order valence-corrected chi connectivity index (χ0v) is 10.2. The van der Waals surface area contributed by atoms with Crippen molar-refractivity contribution >= 4 is 17.5 Å². The summed E-state index contributed by atoms with van der Waals surface area (Å²) in [5.74, 6) is -0.147. The van der Waals surface area contributed by atoms with Crippen LogP contribution in [-0.2, 0) is 0 Å². The van der Waals surface area contributed by atoms with Gasteiger partial charge in [0.25, 0.3) is 5.91 Å². The molecule has 2 rings (SSSR count). The standard InChI is InChI=1S/C12H14ClNO2/c1-12(2,3)14-10(15)8-5-4-7(13)6-9(8)11(14)16/h4-6,11,16H,1-3H3/t11-/m1/s1. The largest absolute Gasteiger partial charge is 0.369 e. The Labute approximate surface area is 99.6 Å². The maximum atomic E-state index is 12.1. The van der Waals surface area contributed by atoms with Crippen molar-refractivity contribution in [2.24, 2.45) is 0 Å². The molecule has 16 heavy (non-hydrogen) atoms. The number of rotatable bonds is 0. The smallest absolute Gasteiger partial charge is 0.257 e. The number of halogens is 1. The van der Waals surface area contributed by atoms with Gasteiger partial charge in [-0.05, 0) is 39.0 Å². The van der Waals surface area contributed by atoms with E-state index < -0.39 is 11.8 Å². The molecule has 0 aromatic heterocycles. The van der Waals surface area contributed by atoms with E-state index in [4.69, 9.17) is 11.6 Å². The first kappa shape index (κ1) is 11.4. The Bertz CT molecular complexity index is 451. The summed E-state index contributed by atoms with van der Waals surface area (Å²) < 4.78 is 0. The number of hydrogen-bond acceptors (Lipinski definition) is 2. The molecule has 1 amide bonds. The van der Waals surface area contributed by atoms with Gasteiger partial charge in [-0.15, -0.1) is 0 Å². The Kier molecular flexibility index (Phi) is 2.48. The number of carbonyl (C=O) groups excluding carboxylic acids is 1. The third-order valence-corrected chi connectivity index (χ3v) is 2.94. The van der Waals surface area contributed by atoms with Gasteiger partial charge < -0.3 is 10.0 Å². The Morgan fingerprint density at radius 2 is 2.00 bits per heavy atom. The molecule has 0 radical (unpaired) electrons. The number of benzene rings is 1. The molecule has 0 saturated carbocycles. The minimum atomic E-state index is -0.902. The molecule has 0 saturated heterocycles. The van der Waals surface area contributed by atoms with Crippen LogP contribution in [0.3, 0.4) is 0 Å². The highest BCUT2D eigenvalue weighted by Crippen LogP contribution is 2.37. The first-order chi connectivity index (χ1) is 7.32. The van der Waals surface area contributed by atoms with E-state index in [2.05, 4.69) is 0 Å². The van der Waals surface area contributed by atoms with Crippen molar-refractivity contribution in [1.82, 2.24) is 4.90 Å². The van der Waals surface area contributed by atoms with Gasteiger partial charge in [-0.25, -0.2) is 0 Å². The molecule has 1 aromatic rings. The molecule has 1 aromatic carbocycles. The van der Waals surface area contributed by atoms with Gasteiger partial charge >= 0.3 is 0 Å². The summed E-state index contributed by atoms with van der Waals surface area (Å²) in [6.45, 7) is 5.67. The van der Waals surface area contributed by atoms with Gasteiger partial charge in [0.05, 0.1) is 0 Å². The molecule has 0 aliphatic carbocycles. The number of fused-ring (bicyclic) bond motifs is 1. The molecule has 3 nitrogen and oxygen atoms in total. The van der Waals surface area contributed by atoms with Crippen LogP contribution in [0.1, 0.15) is 42.9 Å². The minimum absolute atomic E-state index is 0.147. The molecule has 4 heteroatoms. The van der Waals surface area contributed by atoms with E-state index in [1.54, 1.807) is 18.2 Å². The highest BCUT2D eigenvalue weighted by Gasteiger charge is 2.41. The van der Waals surface area contributed by atoms with Crippen LogP contribution in [0.5, 0.6) is 0 Å². The highest BCUT2D eigenvalue weighted by molar-refractivity contribution is 6.30. The molecule has 0 unspecified atom stereocenters. The molecule has 1 aliphatic heterocycles. The number of aliphatic hydroxyl groups is 1. The van der Waals surface area contributed by atoms with Crippen LogP contribution in [0.15, 0.2) is 18.2 Å². The van der Waals surface area contributed by atoms with Crippen LogP contribution in [0, 0.1) is 0 Å². The van der Waals surface area contributed by atoms with Gasteiger partial charge in [0, 0.05) is 21.7 Å². The predicted octanol–water partition coefficient (Wildman–Crippen LogP) is 2.59. The van der Waals surface area contributed by atoms with Crippen LogP contribution < -0.4 is 0 Å². The third kappa shape index (κ3) is 1.60. The first-order valence-corrected chi connectivity index (χ1v) is 5.51. The Balaban J connectivity index is 2.53. The summed E-state index contributed by atoms with van der Waals surface area (Å²) in [5, 5.41) is 10.6. The fourth-order valence-electron chi connectivity index (χ4n) is 1.99. The minimum Gasteiger partial charge on any atom is -0.369 e. The van der Waals surface area contributed by atoms with Crippen molar-refractivity contribution in [2.45, 2.75) is 32.5 Å². The number of aliphatic hydroxyl groups excluding tert-OH is 1. The van der Waals surface area contributed by atoms with Crippen LogP contribution in [-0.4, -0.2) is 21.5 Å². The summed E-state index contributed by atoms with van der Waals surface area (Å²) in [5.41, 5.74) is 0.710. The molecule has 0 fully saturated rings. The lowest BCUT2D eigenvalue weighted by Gasteiger charge is -2.34. The summed E-state index contributed by atoms with van der Waals surface area (Å²) in [6.07, 6.45) is -0.902. The average Bonchev–Trinajstić information content (AvgIpc) is 2.38. The molecular weight excluding hydrogens is 226 g/mol. The van der Waals surface area contributed by atoms with E-state index >= 15 is 0 Å². The number of nitrogens with zero attached hydrogens (tertiary/aromatic N) is 1. The monoisotopic (exact) mass is 239 g/mol. The van der Waals surface area contributed by atoms with E-state index in [9.17, 15) is 9.90 Å². The van der Waals surface area contributed by atoms with Crippen LogP contribution in [0.25, 0.3) is 0 Å². The molecule has 1 aliphatic rings. The van der Waals surface area contributed by atoms with E-state index in [1.165, 1.54) is 4.90 Å². The lowest BCUT2D eigenvalue weighted by molar-refractivity contribution is -0.0228. The molecule has 86 valence electrons. The maximum Gasteiger partial charge on any atom is 0.257 e. The highest BCUT2D eigenvalue weighted by atomic mass is 35.5. The third-order valence-electron chi connectivity index (χ3n) is 2.71. The topological polar surface area (TPSA) is 40.5 Å². The van der Waals surface area contributed by atoms with Gasteiger partial charge in [0.15, 0.2) is 6.23 Å². The SMILES string of the molecule is CC(C)(C)N1C(=O)c2ccc(Cl)cc2[C@H]1O. The van der Waals surface area contributed by atoms with Crippen molar-refractivity contribution < 1.29 is 9.90 Å². The van der Waals surface area contributed by atoms with Crippen molar-refractivity contribution in [1.29, 1.82) is 0 Å². The summed E-state index contributed by atoms with van der Waals surface area (Å²) >= 11 is 5.86. The molecule has 0 bridgehead atoms. The number of hydrogen-bond donors (Lipinski definition) is 1. The fourth-order valence-corrected chi connectivity index (χ4v) is 2.17. The van der Waals surface area contributed by atoms with Gasteiger partial charge in [-0.2, -0.15) is 0 Å². The zero-order chi connectivity index (χ0) is 12.1. The van der Waals surface area contributed by atoms with Gasteiger partial charge in [-0.1, -0.05) is 11.6 Å². The van der Waals surface area contributed by atoms with Crippen molar-refractivity contribution in [2.75, 3.05) is 0 Å². The van der Waals surface area contributed by atoms with E-state index in [1.807, 2.05) is 20.8 Å². The maximum absolute atomic E-state index is 12.1. The zero-order valence-electron chi connectivity index (χ0n) is 9.49. The Morgan fingerprint density at radius 3 is 2.56 bits per heavy atom. The van der Waals surface area contributed by atoms with E-state index in [-0.39, 0.29) is 5.91 Å². The second kappa shape index (κ2) is 3.47. The molecule has 1 heterocycles. The lowest BCUT2D eigenvalue weighted by atomic mass is 10.1. The van der Waals surface area contributed by atoms with Crippen LogP contribution >= 0.6 is 11.6 Å². The van der Waals surface area contributed by atoms with E-state index in [0.717, 1.165) is 0 Å². The predicted molar refractivity (Wildman–Crippen MR) is 62.3 cm³/mol. The van der Waals surface area contributed by atoms with Crippen molar-refractivity contribution in [3.8, 4) is 0 Å². The summed E-state index contributed by atoms with van der Waals surface area (Å²) in [4.78, 5) is 13.6. The normalized spacial score (nSPS) is 20.2. The quantitative estimate of drug-likeness (QED) is 0.756. The second-order valence-electron chi connectivity index (χ2n) is 4.95. The van der Waals surface area contributed by atoms with Crippen LogP contribution in [0.2, 0.25) is 5.02 Å². The van der Waals surface area contributed by atoms with Crippen molar-refractivity contribution in [3.63, 3.8) is 0 Å². The first-order valence-electron chi connectivity index (χ1n) is 5.13. The second-order valence-corrected chi connectivity index (χ2v) is 5.39. The van der Waals surface area contributed by atoms with Gasteiger partial charge in [0.2, 0.25) is 0 Å². The summed E-state index contributed by atoms with van der Waals surface area (Å²) in [6, 6.07) is 4.97. The van der Waals surface area contributed by atoms with E-state index in [0.29, 0.717) is 16.1 Å². The molecule has 1 atom stereocenters. The molecule has 0 spiro atoms.